The minimum absolute atomic E-state index is 0.142. The summed E-state index contributed by atoms with van der Waals surface area (Å²) < 4.78 is 0. The number of hydrogen-bond donors (Lipinski definition) is 0. The van der Waals surface area contributed by atoms with E-state index in [1.54, 1.807) is 48.5 Å². The number of ketones is 2. The van der Waals surface area contributed by atoms with Crippen molar-refractivity contribution in [2.24, 2.45) is 0 Å². The van der Waals surface area contributed by atoms with Crippen molar-refractivity contribution in [2.75, 3.05) is 0 Å². The Hall–Kier alpha value is -2.17. The van der Waals surface area contributed by atoms with E-state index in [4.69, 9.17) is 11.6 Å². The minimum atomic E-state index is -0.303. The molecule has 0 bridgehead atoms. The Kier molecular flexibility index (Phi) is 3.96. The number of halogens is 1. The Labute approximate surface area is 136 Å². The van der Waals surface area contributed by atoms with Gasteiger partial charge < -0.3 is 0 Å². The second-order valence-corrected chi connectivity index (χ2v) is 6.10. The highest BCUT2D eigenvalue weighted by atomic mass is 35.5. The van der Waals surface area contributed by atoms with Crippen LogP contribution in [0.1, 0.15) is 31.1 Å². The summed E-state index contributed by atoms with van der Waals surface area (Å²) in [6, 6.07) is 13.0. The van der Waals surface area contributed by atoms with Crippen LogP contribution in [0.3, 0.4) is 0 Å². The van der Waals surface area contributed by atoms with Crippen molar-refractivity contribution in [3.05, 3.63) is 81.2 Å². The average molecular weight is 329 g/mol. The first kappa shape index (κ1) is 14.8. The van der Waals surface area contributed by atoms with Gasteiger partial charge in [0.25, 0.3) is 0 Å². The fourth-order valence-corrected chi connectivity index (χ4v) is 3.06. The van der Waals surface area contributed by atoms with Gasteiger partial charge in [-0.3, -0.25) is 14.4 Å². The molecule has 0 radical (unpaired) electrons. The van der Waals surface area contributed by atoms with Crippen LogP contribution in [-0.4, -0.2) is 16.7 Å². The van der Waals surface area contributed by atoms with Crippen LogP contribution in [0, 0.1) is 0 Å². The highest BCUT2D eigenvalue weighted by Gasteiger charge is 2.27. The van der Waals surface area contributed by atoms with Crippen molar-refractivity contribution < 1.29 is 14.4 Å². The predicted octanol–water partition coefficient (Wildman–Crippen LogP) is 4.18. The monoisotopic (exact) mass is 328 g/mol. The summed E-state index contributed by atoms with van der Waals surface area (Å²) in [5.74, 6) is -0.566. The number of hydrogen-bond acceptors (Lipinski definition) is 4. The smallest absolute Gasteiger partial charge is 0.224 e. The van der Waals surface area contributed by atoms with Crippen LogP contribution in [0.5, 0.6) is 0 Å². The summed E-state index contributed by atoms with van der Waals surface area (Å²) in [4.78, 5) is 36.7. The third-order valence-corrected chi connectivity index (χ3v) is 4.40. The molecule has 0 fully saturated rings. The molecule has 2 aromatic rings. The van der Waals surface area contributed by atoms with Crippen molar-refractivity contribution >= 4 is 40.0 Å². The van der Waals surface area contributed by atoms with E-state index in [0.717, 1.165) is 11.8 Å². The van der Waals surface area contributed by atoms with Crippen molar-refractivity contribution in [1.82, 2.24) is 0 Å². The summed E-state index contributed by atoms with van der Waals surface area (Å²) >= 11 is 6.54. The van der Waals surface area contributed by atoms with Gasteiger partial charge in [-0.15, -0.1) is 0 Å². The SMILES string of the molecule is O=C(SC1=CC(=O)c2ccccc2C1=O)c1ccc(Cl)cc1. The molecule has 0 N–H and O–H groups in total. The molecule has 0 heterocycles. The molecule has 0 unspecified atom stereocenters. The molecule has 0 saturated carbocycles. The summed E-state index contributed by atoms with van der Waals surface area (Å²) in [5, 5.41) is 0.224. The van der Waals surface area contributed by atoms with E-state index in [2.05, 4.69) is 0 Å². The summed E-state index contributed by atoms with van der Waals surface area (Å²) in [7, 11) is 0. The maximum absolute atomic E-state index is 12.4. The van der Waals surface area contributed by atoms with Crippen molar-refractivity contribution in [1.29, 1.82) is 0 Å². The Morgan fingerprint density at radius 1 is 0.909 bits per heavy atom. The molecule has 108 valence electrons. The van der Waals surface area contributed by atoms with E-state index >= 15 is 0 Å². The molecule has 1 aliphatic rings. The number of rotatable bonds is 2. The molecule has 3 rings (SSSR count). The Balaban J connectivity index is 1.87. The standard InChI is InChI=1S/C17H9ClO3S/c18-11-7-5-10(6-8-11)17(21)22-15-9-14(19)12-3-1-2-4-13(12)16(15)20/h1-9H. The van der Waals surface area contributed by atoms with Crippen LogP contribution in [0.4, 0.5) is 0 Å². The van der Waals surface area contributed by atoms with E-state index in [-0.39, 0.29) is 21.6 Å². The first-order chi connectivity index (χ1) is 10.6. The lowest BCUT2D eigenvalue weighted by atomic mass is 9.95. The number of fused-ring (bicyclic) bond motifs is 1. The maximum Gasteiger partial charge on any atom is 0.224 e. The maximum atomic E-state index is 12.4. The largest absolute Gasteiger partial charge is 0.289 e. The summed E-state index contributed by atoms with van der Waals surface area (Å²) in [6.07, 6.45) is 1.23. The predicted molar refractivity (Wildman–Crippen MR) is 86.6 cm³/mol. The molecule has 0 aliphatic heterocycles. The van der Waals surface area contributed by atoms with E-state index in [9.17, 15) is 14.4 Å². The van der Waals surface area contributed by atoms with Gasteiger partial charge in [-0.2, -0.15) is 0 Å². The topological polar surface area (TPSA) is 51.2 Å². The summed E-state index contributed by atoms with van der Waals surface area (Å²) in [5.41, 5.74) is 1.13. The van der Waals surface area contributed by atoms with Crippen molar-refractivity contribution in [3.63, 3.8) is 0 Å². The van der Waals surface area contributed by atoms with Gasteiger partial charge >= 0.3 is 0 Å². The fourth-order valence-electron chi connectivity index (χ4n) is 2.11. The molecule has 3 nitrogen and oxygen atoms in total. The zero-order chi connectivity index (χ0) is 15.7. The van der Waals surface area contributed by atoms with Gasteiger partial charge in [0.1, 0.15) is 0 Å². The molecule has 0 atom stereocenters. The quantitative estimate of drug-likeness (QED) is 0.830. The van der Waals surface area contributed by atoms with Gasteiger partial charge in [0, 0.05) is 27.8 Å². The first-order valence-corrected chi connectivity index (χ1v) is 7.63. The van der Waals surface area contributed by atoms with Crippen LogP contribution in [0.2, 0.25) is 5.02 Å². The average Bonchev–Trinajstić information content (AvgIpc) is 2.53. The van der Waals surface area contributed by atoms with Crippen molar-refractivity contribution in [3.8, 4) is 0 Å². The molecule has 5 heteroatoms. The van der Waals surface area contributed by atoms with Crippen LogP contribution in [-0.2, 0) is 0 Å². The van der Waals surface area contributed by atoms with Gasteiger partial charge in [0.2, 0.25) is 10.9 Å². The third kappa shape index (κ3) is 2.75. The Morgan fingerprint density at radius 3 is 2.23 bits per heavy atom. The van der Waals surface area contributed by atoms with E-state index in [1.165, 1.54) is 6.08 Å². The highest BCUT2D eigenvalue weighted by Crippen LogP contribution is 2.30. The van der Waals surface area contributed by atoms with Gasteiger partial charge in [-0.1, -0.05) is 35.9 Å². The van der Waals surface area contributed by atoms with Gasteiger partial charge in [-0.25, -0.2) is 0 Å². The van der Waals surface area contributed by atoms with E-state index < -0.39 is 0 Å². The molecule has 22 heavy (non-hydrogen) atoms. The minimum Gasteiger partial charge on any atom is -0.289 e. The second kappa shape index (κ2) is 5.91. The number of Topliss-reactive ketones (excluding diaryl/α,β-unsaturated/α-hetero) is 1. The molecule has 0 aromatic heterocycles. The lowest BCUT2D eigenvalue weighted by Gasteiger charge is -2.13. The van der Waals surface area contributed by atoms with Gasteiger partial charge in [0.05, 0.1) is 4.91 Å². The highest BCUT2D eigenvalue weighted by molar-refractivity contribution is 8.18. The lowest BCUT2D eigenvalue weighted by molar-refractivity contribution is 0.0990. The zero-order valence-corrected chi connectivity index (χ0v) is 12.8. The van der Waals surface area contributed by atoms with Crippen LogP contribution in [0.25, 0.3) is 0 Å². The molecule has 2 aromatic carbocycles. The molecule has 0 spiro atoms. The second-order valence-electron chi connectivity index (χ2n) is 4.64. The fraction of sp³-hybridized carbons (Fsp3) is 0. The summed E-state index contributed by atoms with van der Waals surface area (Å²) in [6.45, 7) is 0. The zero-order valence-electron chi connectivity index (χ0n) is 11.2. The number of carbonyl (C=O) groups excluding carboxylic acids is 3. The molecule has 0 amide bonds. The molecular weight excluding hydrogens is 320 g/mol. The number of carbonyl (C=O) groups is 3. The third-order valence-electron chi connectivity index (χ3n) is 3.21. The Bertz CT molecular complexity index is 822. The van der Waals surface area contributed by atoms with Crippen LogP contribution >= 0.6 is 23.4 Å². The van der Waals surface area contributed by atoms with Gasteiger partial charge in [0.15, 0.2) is 5.78 Å². The number of benzene rings is 2. The normalized spacial score (nSPS) is 13.6. The van der Waals surface area contributed by atoms with E-state index in [1.807, 2.05) is 0 Å². The van der Waals surface area contributed by atoms with Crippen LogP contribution in [0.15, 0.2) is 59.5 Å². The lowest BCUT2D eigenvalue weighted by Crippen LogP contribution is -2.16. The first-order valence-electron chi connectivity index (χ1n) is 6.44. The molecule has 0 saturated heterocycles. The van der Waals surface area contributed by atoms with Gasteiger partial charge in [-0.05, 0) is 36.0 Å². The molecule has 1 aliphatic carbocycles. The number of thioether (sulfide) groups is 1. The Morgan fingerprint density at radius 2 is 1.55 bits per heavy atom. The van der Waals surface area contributed by atoms with Crippen molar-refractivity contribution in [2.45, 2.75) is 0 Å². The number of allylic oxidation sites excluding steroid dienone is 2. The van der Waals surface area contributed by atoms with E-state index in [0.29, 0.717) is 21.7 Å². The molecular formula is C17H9ClO3S. The van der Waals surface area contributed by atoms with Crippen LogP contribution < -0.4 is 0 Å².